The van der Waals surface area contributed by atoms with Crippen LogP contribution in [-0.2, 0) is 14.8 Å². The van der Waals surface area contributed by atoms with Crippen LogP contribution in [0.1, 0.15) is 15.2 Å². The molecule has 0 radical (unpaired) electrons. The highest BCUT2D eigenvalue weighted by molar-refractivity contribution is 7.89. The molecule has 0 atom stereocenters. The fourth-order valence-electron chi connectivity index (χ4n) is 1.69. The smallest absolute Gasteiger partial charge is 0.349 e. The van der Waals surface area contributed by atoms with Gasteiger partial charge in [0.05, 0.1) is 20.3 Å². The maximum Gasteiger partial charge on any atom is 0.349 e. The largest absolute Gasteiger partial charge is 0.465 e. The van der Waals surface area contributed by atoms with Crippen molar-refractivity contribution < 1.29 is 31.8 Å². The number of aryl methyl sites for hydroxylation is 1. The fraction of sp³-hybridized carbons (Fsp3) is 0.545. The molecule has 1 rings (SSSR count). The second kappa shape index (κ2) is 7.25. The van der Waals surface area contributed by atoms with Crippen molar-refractivity contribution in [2.75, 3.05) is 26.8 Å². The Labute approximate surface area is 125 Å². The summed E-state index contributed by atoms with van der Waals surface area (Å²) in [6, 6.07) is 0. The first-order valence-corrected chi connectivity index (χ1v) is 8.13. The summed E-state index contributed by atoms with van der Waals surface area (Å²) < 4.78 is 54.9. The Kier molecular flexibility index (Phi) is 6.20. The van der Waals surface area contributed by atoms with Gasteiger partial charge in [0.25, 0.3) is 6.43 Å². The Hall–Kier alpha value is -1.10. The van der Waals surface area contributed by atoms with Gasteiger partial charge in [-0.05, 0) is 17.9 Å². The second-order valence-corrected chi connectivity index (χ2v) is 6.80. The van der Waals surface area contributed by atoms with E-state index in [1.165, 1.54) is 12.3 Å². The molecule has 1 N–H and O–H groups in total. The van der Waals surface area contributed by atoms with Gasteiger partial charge >= 0.3 is 5.97 Å². The summed E-state index contributed by atoms with van der Waals surface area (Å²) in [6.45, 7) is -0.695. The van der Waals surface area contributed by atoms with Gasteiger partial charge in [-0.25, -0.2) is 22.0 Å². The van der Waals surface area contributed by atoms with Crippen molar-refractivity contribution in [3.8, 4) is 0 Å². The number of halogens is 2. The number of esters is 1. The van der Waals surface area contributed by atoms with E-state index in [1.54, 1.807) is 0 Å². The quantitative estimate of drug-likeness (QED) is 0.749. The maximum atomic E-state index is 12.5. The first-order valence-electron chi connectivity index (χ1n) is 5.81. The van der Waals surface area contributed by atoms with Crippen LogP contribution in [0.5, 0.6) is 0 Å². The van der Waals surface area contributed by atoms with Gasteiger partial charge in [0.15, 0.2) is 0 Å². The van der Waals surface area contributed by atoms with Gasteiger partial charge < -0.3 is 9.84 Å². The minimum atomic E-state index is -4.33. The SMILES string of the molecule is COC(=O)c1scc(C)c1S(=O)(=O)N(CCO)CC(F)F. The van der Waals surface area contributed by atoms with Crippen LogP contribution in [0.3, 0.4) is 0 Å². The highest BCUT2D eigenvalue weighted by atomic mass is 32.2. The zero-order chi connectivity index (χ0) is 16.2. The molecule has 0 amide bonds. The van der Waals surface area contributed by atoms with Crippen LogP contribution in [0.15, 0.2) is 10.3 Å². The monoisotopic (exact) mass is 343 g/mol. The summed E-state index contributed by atoms with van der Waals surface area (Å²) in [5, 5.41) is 10.3. The molecule has 0 aliphatic heterocycles. The first kappa shape index (κ1) is 18.0. The summed E-state index contributed by atoms with van der Waals surface area (Å²) in [4.78, 5) is 11.1. The van der Waals surface area contributed by atoms with Crippen LogP contribution in [0.2, 0.25) is 0 Å². The fourth-order valence-corrected chi connectivity index (χ4v) is 4.76. The lowest BCUT2D eigenvalue weighted by Gasteiger charge is -2.21. The highest BCUT2D eigenvalue weighted by Crippen LogP contribution is 2.30. The maximum absolute atomic E-state index is 12.5. The highest BCUT2D eigenvalue weighted by Gasteiger charge is 2.33. The normalized spacial score (nSPS) is 12.1. The van der Waals surface area contributed by atoms with Crippen molar-refractivity contribution in [2.45, 2.75) is 18.2 Å². The summed E-state index contributed by atoms with van der Waals surface area (Å²) in [5.74, 6) is -0.854. The summed E-state index contributed by atoms with van der Waals surface area (Å²) in [6.07, 6.45) is -2.90. The van der Waals surface area contributed by atoms with Crippen LogP contribution in [0, 0.1) is 6.92 Å². The molecule has 0 unspecified atom stereocenters. The van der Waals surface area contributed by atoms with Crippen molar-refractivity contribution in [3.05, 3.63) is 15.8 Å². The van der Waals surface area contributed by atoms with E-state index in [0.717, 1.165) is 18.4 Å². The third kappa shape index (κ3) is 3.96. The predicted molar refractivity (Wildman–Crippen MR) is 72.2 cm³/mol. The number of ether oxygens (including phenoxy) is 1. The van der Waals surface area contributed by atoms with Gasteiger partial charge in [-0.1, -0.05) is 0 Å². The van der Waals surface area contributed by atoms with E-state index in [2.05, 4.69) is 4.74 Å². The topological polar surface area (TPSA) is 83.9 Å². The zero-order valence-corrected chi connectivity index (χ0v) is 13.0. The number of sulfonamides is 1. The Morgan fingerprint density at radius 3 is 2.62 bits per heavy atom. The molecule has 0 fully saturated rings. The Morgan fingerprint density at radius 1 is 1.52 bits per heavy atom. The molecule has 0 aliphatic carbocycles. The number of alkyl halides is 2. The van der Waals surface area contributed by atoms with Gasteiger partial charge in [-0.2, -0.15) is 4.31 Å². The van der Waals surface area contributed by atoms with Gasteiger partial charge in [0.2, 0.25) is 10.0 Å². The number of aliphatic hydroxyl groups is 1. The van der Waals surface area contributed by atoms with Crippen molar-refractivity contribution in [3.63, 3.8) is 0 Å². The number of aliphatic hydroxyl groups excluding tert-OH is 1. The lowest BCUT2D eigenvalue weighted by molar-refractivity contribution is 0.0602. The van der Waals surface area contributed by atoms with Crippen molar-refractivity contribution >= 4 is 27.3 Å². The molecule has 1 aromatic rings. The molecular weight excluding hydrogens is 328 g/mol. The molecule has 0 bridgehead atoms. The third-order valence-corrected chi connectivity index (χ3v) is 5.84. The van der Waals surface area contributed by atoms with Gasteiger partial charge in [0, 0.05) is 6.54 Å². The number of rotatable bonds is 7. The molecule has 6 nitrogen and oxygen atoms in total. The van der Waals surface area contributed by atoms with E-state index < -0.39 is 42.1 Å². The summed E-state index contributed by atoms with van der Waals surface area (Å²) in [7, 11) is -3.23. The summed E-state index contributed by atoms with van der Waals surface area (Å²) in [5.41, 5.74) is 0.262. The Morgan fingerprint density at radius 2 is 2.14 bits per heavy atom. The average Bonchev–Trinajstić information content (AvgIpc) is 2.79. The minimum Gasteiger partial charge on any atom is -0.465 e. The molecule has 0 saturated heterocycles. The predicted octanol–water partition coefficient (Wildman–Crippen LogP) is 1.09. The lowest BCUT2D eigenvalue weighted by atomic mass is 10.3. The van der Waals surface area contributed by atoms with Crippen molar-refractivity contribution in [1.82, 2.24) is 4.31 Å². The Balaban J connectivity index is 3.34. The van der Waals surface area contributed by atoms with E-state index >= 15 is 0 Å². The number of hydrogen-bond donors (Lipinski definition) is 1. The van der Waals surface area contributed by atoms with E-state index in [4.69, 9.17) is 5.11 Å². The molecule has 10 heteroatoms. The van der Waals surface area contributed by atoms with E-state index in [1.807, 2.05) is 0 Å². The number of hydrogen-bond acceptors (Lipinski definition) is 6. The molecule has 0 spiro atoms. The van der Waals surface area contributed by atoms with E-state index in [9.17, 15) is 22.0 Å². The molecule has 0 aliphatic rings. The first-order chi connectivity index (χ1) is 9.75. The van der Waals surface area contributed by atoms with Crippen molar-refractivity contribution in [2.24, 2.45) is 0 Å². The number of thiophene rings is 1. The van der Waals surface area contributed by atoms with Gasteiger partial charge in [-0.15, -0.1) is 11.3 Å². The van der Waals surface area contributed by atoms with Crippen LogP contribution < -0.4 is 0 Å². The lowest BCUT2D eigenvalue weighted by Crippen LogP contribution is -2.38. The van der Waals surface area contributed by atoms with Gasteiger partial charge in [-0.3, -0.25) is 0 Å². The summed E-state index contributed by atoms with van der Waals surface area (Å²) >= 11 is 0.860. The third-order valence-electron chi connectivity index (χ3n) is 2.58. The van der Waals surface area contributed by atoms with E-state index in [-0.39, 0.29) is 15.3 Å². The minimum absolute atomic E-state index is 0.174. The van der Waals surface area contributed by atoms with Gasteiger partial charge in [0.1, 0.15) is 9.77 Å². The number of carbonyl (C=O) groups is 1. The molecule has 0 saturated carbocycles. The molecule has 120 valence electrons. The molecule has 1 aromatic heterocycles. The van der Waals surface area contributed by atoms with Crippen LogP contribution >= 0.6 is 11.3 Å². The van der Waals surface area contributed by atoms with Crippen LogP contribution in [0.25, 0.3) is 0 Å². The molecule has 0 aromatic carbocycles. The average molecular weight is 343 g/mol. The number of methoxy groups -OCH3 is 1. The molecule has 1 heterocycles. The number of carbonyl (C=O) groups excluding carboxylic acids is 1. The Bertz CT molecular complexity index is 600. The van der Waals surface area contributed by atoms with Crippen molar-refractivity contribution in [1.29, 1.82) is 0 Å². The van der Waals surface area contributed by atoms with Crippen LogP contribution in [0.4, 0.5) is 8.78 Å². The van der Waals surface area contributed by atoms with E-state index in [0.29, 0.717) is 4.31 Å². The molecular formula is C11H15F2NO5S2. The standard InChI is InChI=1S/C11H15F2NO5S2/c1-7-6-20-9(11(16)19-2)10(7)21(17,18)14(3-4-15)5-8(12)13/h6,8,15H,3-5H2,1-2H3. The molecule has 21 heavy (non-hydrogen) atoms. The second-order valence-electron chi connectivity index (χ2n) is 4.05. The number of nitrogens with zero attached hydrogens (tertiary/aromatic N) is 1. The van der Waals surface area contributed by atoms with Crippen LogP contribution in [-0.4, -0.2) is 57.0 Å². The zero-order valence-electron chi connectivity index (χ0n) is 11.4.